The highest BCUT2D eigenvalue weighted by molar-refractivity contribution is 6.48. The number of rotatable bonds is 20. The molecule has 3 heterocycles. The molecule has 0 aromatic heterocycles. The zero-order chi connectivity index (χ0) is 73.9. The van der Waals surface area contributed by atoms with Crippen molar-refractivity contribution in [2.75, 3.05) is 13.1 Å². The van der Waals surface area contributed by atoms with Crippen molar-refractivity contribution in [1.29, 1.82) is 0 Å². The number of likely N-dealkylation sites (tertiary alicyclic amines) is 2. The minimum atomic E-state index is -3.31. The molecule has 6 aliphatic rings. The molecular formula is C68H97B2F8N3O16. The van der Waals surface area contributed by atoms with Crippen molar-refractivity contribution >= 4 is 55.7 Å². The highest BCUT2D eigenvalue weighted by atomic mass is 19.3. The van der Waals surface area contributed by atoms with Crippen molar-refractivity contribution in [2.45, 2.75) is 215 Å². The number of ether oxygens (including phenoxy) is 3. The number of amides is 2. The maximum Gasteiger partial charge on any atom is 0.481 e. The summed E-state index contributed by atoms with van der Waals surface area (Å²) in [7, 11) is -2.21. The molecule has 2 unspecified atom stereocenters. The minimum Gasteiger partial charge on any atom is -0.481 e. The van der Waals surface area contributed by atoms with Crippen molar-refractivity contribution in [3.05, 3.63) is 108 Å². The number of carbonyl (C=O) groups excluding carboxylic acids is 6. The second kappa shape index (κ2) is 36.5. The van der Waals surface area contributed by atoms with Gasteiger partial charge in [0.2, 0.25) is 11.8 Å². The van der Waals surface area contributed by atoms with Gasteiger partial charge in [-0.05, 0) is 128 Å². The van der Waals surface area contributed by atoms with Crippen LogP contribution in [0.2, 0.25) is 0 Å². The fraction of sp³-hybridized carbons (Fsp3) is 0.632. The van der Waals surface area contributed by atoms with Crippen LogP contribution in [0.4, 0.5) is 35.1 Å². The SMILES string of the molecule is CC(=O)[C@H](C)C(=O)OCc1ccccc1.CC(F)(F)[C@H](N)C(=O)N1CCC[C@H]1B(O)O.CC(O)[C@H](C)C(=O)OCc1ccccc1.C[C@H](C(=O)N1CCC[C@H]1B1OC2C[C@@H]3C[C@@H](C3(C)C)[C@]2(C)O1)C(C)(F)F.C[C@H](C(=O)O)C(C)(F)F.C[C@H](C(=O)OCc1ccccc1)C(C)(F)F. The molecular weight excluding hydrogens is 1290 g/mol. The maximum atomic E-state index is 13.7. The molecule has 97 heavy (non-hydrogen) atoms. The molecule has 2 bridgehead atoms. The average Bonchev–Trinajstić information content (AvgIpc) is 1.64. The Kier molecular flexibility index (Phi) is 31.9. The van der Waals surface area contributed by atoms with Crippen LogP contribution >= 0.6 is 0 Å². The van der Waals surface area contributed by atoms with Crippen LogP contribution in [-0.4, -0.2) is 158 Å². The first kappa shape index (κ1) is 84.7. The predicted octanol–water partition coefficient (Wildman–Crippen LogP) is 10.6. The molecule has 19 nitrogen and oxygen atoms in total. The summed E-state index contributed by atoms with van der Waals surface area (Å²) in [5.74, 6) is -22.8. The monoisotopic (exact) mass is 1390 g/mol. The van der Waals surface area contributed by atoms with Gasteiger partial charge in [-0.1, -0.05) is 105 Å². The lowest BCUT2D eigenvalue weighted by molar-refractivity contribution is -0.199. The summed E-state index contributed by atoms with van der Waals surface area (Å²) >= 11 is 0. The fourth-order valence-electron chi connectivity index (χ4n) is 11.0. The summed E-state index contributed by atoms with van der Waals surface area (Å²) in [6.45, 7) is 20.3. The molecule has 3 aromatic rings. The Morgan fingerprint density at radius 3 is 1.42 bits per heavy atom. The Labute approximate surface area is 564 Å². The number of esters is 3. The Morgan fingerprint density at radius 2 is 1.04 bits per heavy atom. The highest BCUT2D eigenvalue weighted by Gasteiger charge is 2.69. The number of ketones is 1. The molecule has 13 atom stereocenters. The summed E-state index contributed by atoms with van der Waals surface area (Å²) in [5.41, 5.74) is 7.70. The van der Waals surface area contributed by atoms with Crippen molar-refractivity contribution in [2.24, 2.45) is 52.6 Å². The molecule has 3 aliphatic heterocycles. The van der Waals surface area contributed by atoms with E-state index in [1.165, 1.54) is 20.3 Å². The molecule has 3 aromatic carbocycles. The highest BCUT2D eigenvalue weighted by Crippen LogP contribution is 2.66. The molecule has 6 N–H and O–H groups in total. The fourth-order valence-corrected chi connectivity index (χ4v) is 11.0. The van der Waals surface area contributed by atoms with Gasteiger partial charge in [0.15, 0.2) is 0 Å². The number of hydrogen-bond acceptors (Lipinski definition) is 16. The first-order valence-electron chi connectivity index (χ1n) is 32.3. The summed E-state index contributed by atoms with van der Waals surface area (Å²) in [4.78, 5) is 81.6. The largest absolute Gasteiger partial charge is 0.481 e. The number of hydrogen-bond donors (Lipinski definition) is 5. The third-order valence-electron chi connectivity index (χ3n) is 18.7. The molecule has 9 rings (SSSR count). The lowest BCUT2D eigenvalue weighted by atomic mass is 9.43. The summed E-state index contributed by atoms with van der Waals surface area (Å²) in [6, 6.07) is 25.8. The molecule has 542 valence electrons. The zero-order valence-electron chi connectivity index (χ0n) is 57.7. The van der Waals surface area contributed by atoms with Crippen LogP contribution in [0.25, 0.3) is 0 Å². The van der Waals surface area contributed by atoms with Gasteiger partial charge >= 0.3 is 38.1 Å². The molecule has 6 fully saturated rings. The van der Waals surface area contributed by atoms with Crippen LogP contribution in [0.1, 0.15) is 152 Å². The topological polar surface area (TPSA) is 279 Å². The van der Waals surface area contributed by atoms with Crippen molar-refractivity contribution < 1.29 is 112 Å². The number of carboxylic acid groups (broad SMARTS) is 1. The van der Waals surface area contributed by atoms with Crippen LogP contribution < -0.4 is 5.73 Å². The lowest BCUT2D eigenvalue weighted by Gasteiger charge is -2.64. The van der Waals surface area contributed by atoms with E-state index in [4.69, 9.17) is 44.4 Å². The van der Waals surface area contributed by atoms with Crippen molar-refractivity contribution in [1.82, 2.24) is 9.80 Å². The smallest absolute Gasteiger partial charge is 0.481 e. The number of alkyl halides is 8. The van der Waals surface area contributed by atoms with Gasteiger partial charge in [-0.25, -0.2) is 35.1 Å². The van der Waals surface area contributed by atoms with E-state index in [0.717, 1.165) is 61.6 Å². The van der Waals surface area contributed by atoms with Gasteiger partial charge in [0.25, 0.3) is 23.7 Å². The van der Waals surface area contributed by atoms with Crippen molar-refractivity contribution in [3.63, 3.8) is 0 Å². The number of benzene rings is 3. The molecule has 3 aliphatic carbocycles. The molecule has 3 saturated carbocycles. The number of aliphatic carboxylic acids is 1. The Balaban J connectivity index is 0.000000312. The Bertz CT molecular complexity index is 3000. The predicted molar refractivity (Wildman–Crippen MR) is 345 cm³/mol. The molecule has 29 heteroatoms. The third-order valence-corrected chi connectivity index (χ3v) is 18.7. The minimum absolute atomic E-state index is 0.0279. The second-order valence-corrected chi connectivity index (χ2v) is 26.7. The van der Waals surface area contributed by atoms with Gasteiger partial charge < -0.3 is 59.3 Å². The van der Waals surface area contributed by atoms with Gasteiger partial charge in [-0.15, -0.1) is 0 Å². The standard InChI is InChI=1S/C19H30BF2NO3.C12H14F2O2.C12H16O3.C12H14O3.C8H15BF2N2O3.C5H8F2O2/c1-11(19(5,21)22)16(24)23-8-6-7-15(23)20-25-14-10-12-9-13(17(12,2)3)18(14,4)26-20;1-9(12(2,13)14)11(15)16-8-10-6-4-3-5-7-10;2*1-9(10(2)13)12(14)15-8-11-6-4-3-5-7-11;1-8(10,11)6(12)7(14)13-4-2-3-5(13)9(15)16;1-3(4(8)9)5(2,6)7/h11-15H,6-10H2,1-5H3;3-7,9H,8H2,1-2H3;3-7,9-10,13H,8H2,1-2H3;3-7,9H,8H2,1-2H3;5-6,15-16H,2-4,12H2,1H3;3H,1-2H3,(H,8,9)/t11-,12+,13+,14?,15+,18+;9-;9-,10?;9-;5-,6+;3-/m110001/s1. The van der Waals surface area contributed by atoms with E-state index in [2.05, 4.69) is 20.8 Å². The van der Waals surface area contributed by atoms with Crippen LogP contribution in [-0.2, 0) is 76.9 Å². The van der Waals surface area contributed by atoms with Crippen LogP contribution in [0.15, 0.2) is 91.0 Å². The van der Waals surface area contributed by atoms with Crippen LogP contribution in [0, 0.1) is 46.8 Å². The summed E-state index contributed by atoms with van der Waals surface area (Å²) in [5, 5.41) is 35.2. The number of aliphatic hydroxyl groups is 1. The Morgan fingerprint density at radius 1 is 0.619 bits per heavy atom. The number of nitrogens with zero attached hydrogens (tertiary/aromatic N) is 2. The molecule has 3 saturated heterocycles. The van der Waals surface area contributed by atoms with E-state index >= 15 is 0 Å². The Hall–Kier alpha value is -6.52. The number of carbonyl (C=O) groups is 7. The van der Waals surface area contributed by atoms with Gasteiger partial charge in [0.05, 0.1) is 41.5 Å². The maximum absolute atomic E-state index is 13.7. The van der Waals surface area contributed by atoms with E-state index in [0.29, 0.717) is 52.0 Å². The first-order valence-corrected chi connectivity index (χ1v) is 32.3. The van der Waals surface area contributed by atoms with Crippen molar-refractivity contribution in [3.8, 4) is 0 Å². The van der Waals surface area contributed by atoms with E-state index in [1.807, 2.05) is 66.7 Å². The third kappa shape index (κ3) is 25.0. The molecule has 0 radical (unpaired) electrons. The van der Waals surface area contributed by atoms with E-state index < -0.39 is 115 Å². The van der Waals surface area contributed by atoms with Gasteiger partial charge in [-0.2, -0.15) is 0 Å². The molecule has 2 amide bonds. The van der Waals surface area contributed by atoms with Gasteiger partial charge in [0.1, 0.15) is 49.4 Å². The van der Waals surface area contributed by atoms with E-state index in [9.17, 15) is 73.8 Å². The number of halogens is 8. The van der Waals surface area contributed by atoms with Crippen LogP contribution in [0.3, 0.4) is 0 Å². The molecule has 0 spiro atoms. The normalized spacial score (nSPS) is 22.9. The number of nitrogens with two attached hydrogens (primary N) is 1. The second-order valence-electron chi connectivity index (χ2n) is 26.7. The number of Topliss-reactive ketones (excluding diaryl/α,β-unsaturated/α-hetero) is 1. The summed E-state index contributed by atoms with van der Waals surface area (Å²) < 4.78 is 130. The number of carboxylic acids is 1. The van der Waals surface area contributed by atoms with E-state index in [-0.39, 0.29) is 61.2 Å². The lowest BCUT2D eigenvalue weighted by Crippen LogP contribution is -2.65. The zero-order valence-corrected chi connectivity index (χ0v) is 57.7. The van der Waals surface area contributed by atoms with Crippen LogP contribution in [0.5, 0.6) is 0 Å². The summed E-state index contributed by atoms with van der Waals surface area (Å²) in [6.07, 6.45) is 4.02. The van der Waals surface area contributed by atoms with Gasteiger partial charge in [0, 0.05) is 40.8 Å². The van der Waals surface area contributed by atoms with E-state index in [1.54, 1.807) is 49.9 Å². The quantitative estimate of drug-likeness (QED) is 0.0231. The number of aliphatic hydroxyl groups excluding tert-OH is 1. The first-order chi connectivity index (χ1) is 44.7. The van der Waals surface area contributed by atoms with Gasteiger partial charge in [-0.3, -0.25) is 33.6 Å². The average molecular weight is 1390 g/mol.